The molecule has 0 bridgehead atoms. The van der Waals surface area contributed by atoms with Crippen molar-refractivity contribution >= 4 is 5.91 Å². The molecular formula is C18H28N2O3. The number of para-hydroxylation sites is 1. The third kappa shape index (κ3) is 4.24. The summed E-state index contributed by atoms with van der Waals surface area (Å²) < 4.78 is 5.32. The zero-order chi connectivity index (χ0) is 16.7. The van der Waals surface area contributed by atoms with Crippen LogP contribution in [0, 0.1) is 0 Å². The lowest BCUT2D eigenvalue weighted by Gasteiger charge is -2.35. The quantitative estimate of drug-likeness (QED) is 0.764. The first-order valence-electron chi connectivity index (χ1n) is 8.39. The molecule has 1 atom stereocenters. The molecule has 1 amide bonds. The molecule has 0 aliphatic carbocycles. The van der Waals surface area contributed by atoms with Crippen LogP contribution in [-0.4, -0.2) is 54.8 Å². The Balaban J connectivity index is 1.81. The van der Waals surface area contributed by atoms with Crippen molar-refractivity contribution in [3.8, 4) is 5.75 Å². The lowest BCUT2D eigenvalue weighted by molar-refractivity contribution is -0.123. The topological polar surface area (TPSA) is 61.8 Å². The van der Waals surface area contributed by atoms with E-state index in [9.17, 15) is 9.90 Å². The van der Waals surface area contributed by atoms with Crippen molar-refractivity contribution < 1.29 is 14.6 Å². The molecule has 0 radical (unpaired) electrons. The van der Waals surface area contributed by atoms with E-state index in [4.69, 9.17) is 4.74 Å². The summed E-state index contributed by atoms with van der Waals surface area (Å²) in [6, 6.07) is 7.85. The molecule has 1 aromatic carbocycles. The highest BCUT2D eigenvalue weighted by Crippen LogP contribution is 2.31. The third-order valence-electron chi connectivity index (χ3n) is 4.94. The number of benzene rings is 1. The van der Waals surface area contributed by atoms with E-state index in [0.29, 0.717) is 13.1 Å². The van der Waals surface area contributed by atoms with Gasteiger partial charge >= 0.3 is 0 Å². The molecule has 0 spiro atoms. The van der Waals surface area contributed by atoms with Crippen LogP contribution in [-0.2, 0) is 11.2 Å². The lowest BCUT2D eigenvalue weighted by atomic mass is 9.94. The number of hydrogen-bond donors (Lipinski definition) is 2. The third-order valence-corrected chi connectivity index (χ3v) is 4.94. The number of nitrogens with zero attached hydrogens (tertiary/aromatic N) is 1. The van der Waals surface area contributed by atoms with E-state index >= 15 is 0 Å². The Bertz CT molecular complexity index is 515. The number of aliphatic hydroxyl groups is 1. The van der Waals surface area contributed by atoms with Crippen LogP contribution in [0.4, 0.5) is 0 Å². The van der Waals surface area contributed by atoms with Crippen LogP contribution >= 0.6 is 0 Å². The van der Waals surface area contributed by atoms with Crippen LogP contribution in [0.25, 0.3) is 0 Å². The number of nitrogens with one attached hydrogen (secondary N) is 1. The maximum absolute atomic E-state index is 12.2. The zero-order valence-electron chi connectivity index (χ0n) is 14.2. The first kappa shape index (κ1) is 17.8. The first-order valence-corrected chi connectivity index (χ1v) is 8.39. The standard InChI is InChI=1S/C18H28N2O3/c1-3-18(14-21)10-6-12-20(18)13-17(22)19-11-9-15-7-4-5-8-16(15)23-2/h4-5,7-8,21H,3,6,9-14H2,1-2H3,(H,19,22). The van der Waals surface area contributed by atoms with Gasteiger partial charge in [-0.2, -0.15) is 0 Å². The van der Waals surface area contributed by atoms with Crippen molar-refractivity contribution in [1.29, 1.82) is 0 Å². The van der Waals surface area contributed by atoms with Gasteiger partial charge in [0.05, 0.1) is 20.3 Å². The molecule has 1 unspecified atom stereocenters. The number of carbonyl (C=O) groups is 1. The summed E-state index contributed by atoms with van der Waals surface area (Å²) in [6.07, 6.45) is 3.63. The summed E-state index contributed by atoms with van der Waals surface area (Å²) in [6.45, 7) is 4.03. The van der Waals surface area contributed by atoms with Gasteiger partial charge in [-0.1, -0.05) is 25.1 Å². The number of hydrogen-bond acceptors (Lipinski definition) is 4. The number of carbonyl (C=O) groups excluding carboxylic acids is 1. The summed E-state index contributed by atoms with van der Waals surface area (Å²) in [7, 11) is 1.66. The molecule has 23 heavy (non-hydrogen) atoms. The van der Waals surface area contributed by atoms with Crippen LogP contribution in [0.1, 0.15) is 31.7 Å². The van der Waals surface area contributed by atoms with Crippen molar-refractivity contribution in [2.45, 2.75) is 38.1 Å². The summed E-state index contributed by atoms with van der Waals surface area (Å²) in [5.74, 6) is 0.875. The minimum Gasteiger partial charge on any atom is -0.496 e. The molecule has 2 N–H and O–H groups in total. The molecule has 5 heteroatoms. The molecule has 1 aromatic rings. The molecule has 5 nitrogen and oxygen atoms in total. The molecular weight excluding hydrogens is 292 g/mol. The Labute approximate surface area is 138 Å². The van der Waals surface area contributed by atoms with Gasteiger partial charge in [-0.3, -0.25) is 9.69 Å². The second-order valence-corrected chi connectivity index (χ2v) is 6.17. The maximum atomic E-state index is 12.2. The summed E-state index contributed by atoms with van der Waals surface area (Å²) in [5.41, 5.74) is 0.884. The van der Waals surface area contributed by atoms with Gasteiger partial charge < -0.3 is 15.2 Å². The molecule has 0 saturated carbocycles. The van der Waals surface area contributed by atoms with E-state index in [0.717, 1.165) is 43.5 Å². The van der Waals surface area contributed by atoms with Gasteiger partial charge in [-0.25, -0.2) is 0 Å². The zero-order valence-corrected chi connectivity index (χ0v) is 14.2. The smallest absolute Gasteiger partial charge is 0.234 e. The summed E-state index contributed by atoms with van der Waals surface area (Å²) in [4.78, 5) is 14.3. The highest BCUT2D eigenvalue weighted by atomic mass is 16.5. The average molecular weight is 320 g/mol. The maximum Gasteiger partial charge on any atom is 0.234 e. The van der Waals surface area contributed by atoms with Crippen molar-refractivity contribution in [1.82, 2.24) is 10.2 Å². The predicted octanol–water partition coefficient (Wildman–Crippen LogP) is 1.59. The van der Waals surface area contributed by atoms with E-state index in [1.54, 1.807) is 7.11 Å². The number of ether oxygens (including phenoxy) is 1. The van der Waals surface area contributed by atoms with E-state index < -0.39 is 0 Å². The molecule has 1 aliphatic rings. The first-order chi connectivity index (χ1) is 11.1. The van der Waals surface area contributed by atoms with Gasteiger partial charge in [0.2, 0.25) is 5.91 Å². The number of methoxy groups -OCH3 is 1. The van der Waals surface area contributed by atoms with Gasteiger partial charge in [0.1, 0.15) is 5.75 Å². The second kappa shape index (κ2) is 8.31. The number of amides is 1. The molecule has 1 heterocycles. The Morgan fingerprint density at radius 2 is 2.22 bits per heavy atom. The number of likely N-dealkylation sites (tertiary alicyclic amines) is 1. The van der Waals surface area contributed by atoms with Crippen LogP contribution < -0.4 is 10.1 Å². The fourth-order valence-corrected chi connectivity index (χ4v) is 3.41. The van der Waals surface area contributed by atoms with Crippen LogP contribution in [0.2, 0.25) is 0 Å². The van der Waals surface area contributed by atoms with E-state index in [-0.39, 0.29) is 18.1 Å². The predicted molar refractivity (Wildman–Crippen MR) is 90.6 cm³/mol. The molecule has 1 fully saturated rings. The van der Waals surface area contributed by atoms with Crippen molar-refractivity contribution in [2.75, 3.05) is 33.4 Å². The van der Waals surface area contributed by atoms with Crippen molar-refractivity contribution in [2.24, 2.45) is 0 Å². The summed E-state index contributed by atoms with van der Waals surface area (Å²) in [5, 5.41) is 12.7. The van der Waals surface area contributed by atoms with Gasteiger partial charge in [-0.05, 0) is 43.9 Å². The highest BCUT2D eigenvalue weighted by molar-refractivity contribution is 5.78. The number of rotatable bonds is 8. The van der Waals surface area contributed by atoms with Crippen LogP contribution in [0.3, 0.4) is 0 Å². The molecule has 1 aliphatic heterocycles. The van der Waals surface area contributed by atoms with Crippen LogP contribution in [0.15, 0.2) is 24.3 Å². The van der Waals surface area contributed by atoms with Gasteiger partial charge in [0.25, 0.3) is 0 Å². The normalized spacial score (nSPS) is 21.3. The minimum atomic E-state index is -0.208. The lowest BCUT2D eigenvalue weighted by Crippen LogP contribution is -2.50. The van der Waals surface area contributed by atoms with E-state index in [2.05, 4.69) is 17.1 Å². The molecule has 128 valence electrons. The molecule has 2 rings (SSSR count). The SMILES string of the molecule is CCC1(CO)CCCN1CC(=O)NCCc1ccccc1OC. The minimum absolute atomic E-state index is 0.0214. The highest BCUT2D eigenvalue weighted by Gasteiger charge is 2.39. The van der Waals surface area contributed by atoms with E-state index in [1.807, 2.05) is 24.3 Å². The fourth-order valence-electron chi connectivity index (χ4n) is 3.41. The fraction of sp³-hybridized carbons (Fsp3) is 0.611. The number of aliphatic hydroxyl groups excluding tert-OH is 1. The largest absolute Gasteiger partial charge is 0.496 e. The Morgan fingerprint density at radius 1 is 1.43 bits per heavy atom. The molecule has 1 saturated heterocycles. The monoisotopic (exact) mass is 320 g/mol. The molecule has 0 aromatic heterocycles. The Morgan fingerprint density at radius 3 is 2.91 bits per heavy atom. The Hall–Kier alpha value is -1.59. The van der Waals surface area contributed by atoms with Gasteiger partial charge in [-0.15, -0.1) is 0 Å². The van der Waals surface area contributed by atoms with E-state index in [1.165, 1.54) is 0 Å². The van der Waals surface area contributed by atoms with Gasteiger partial charge in [0.15, 0.2) is 0 Å². The Kier molecular flexibility index (Phi) is 6.42. The second-order valence-electron chi connectivity index (χ2n) is 6.17. The van der Waals surface area contributed by atoms with Gasteiger partial charge in [0, 0.05) is 12.1 Å². The van der Waals surface area contributed by atoms with Crippen molar-refractivity contribution in [3.05, 3.63) is 29.8 Å². The summed E-state index contributed by atoms with van der Waals surface area (Å²) >= 11 is 0. The van der Waals surface area contributed by atoms with Crippen molar-refractivity contribution in [3.63, 3.8) is 0 Å². The van der Waals surface area contributed by atoms with Crippen LogP contribution in [0.5, 0.6) is 5.75 Å². The average Bonchev–Trinajstić information content (AvgIpc) is 2.98.